The summed E-state index contributed by atoms with van der Waals surface area (Å²) in [7, 11) is 0. The van der Waals surface area contributed by atoms with Crippen molar-refractivity contribution >= 4 is 5.91 Å². The molecule has 0 bridgehead atoms. The smallest absolute Gasteiger partial charge is 0.220 e. The Morgan fingerprint density at radius 3 is 1.46 bits per heavy atom. The molecule has 0 aliphatic rings. The van der Waals surface area contributed by atoms with E-state index in [0.717, 1.165) is 19.3 Å². The van der Waals surface area contributed by atoms with E-state index in [-0.39, 0.29) is 5.91 Å². The molecule has 0 spiro atoms. The number of carbonyl (C=O) groups excluding carboxylic acids is 1. The zero-order chi connectivity index (χ0) is 17.7. The van der Waals surface area contributed by atoms with E-state index in [1.165, 1.54) is 89.9 Å². The van der Waals surface area contributed by atoms with Gasteiger partial charge in [-0.15, -0.1) is 0 Å². The molecule has 0 rings (SSSR count). The highest BCUT2D eigenvalue weighted by molar-refractivity contribution is 5.76. The maximum atomic E-state index is 11.5. The van der Waals surface area contributed by atoms with E-state index < -0.39 is 0 Å². The average molecular weight is 339 g/mol. The van der Waals surface area contributed by atoms with Crippen LogP contribution in [0, 0.1) is 6.54 Å². The molecule has 0 fully saturated rings. The second-order valence-electron chi connectivity index (χ2n) is 7.26. The van der Waals surface area contributed by atoms with Gasteiger partial charge in [0.05, 0.1) is 0 Å². The van der Waals surface area contributed by atoms with Gasteiger partial charge in [0.25, 0.3) is 0 Å². The van der Waals surface area contributed by atoms with Crippen molar-refractivity contribution in [1.82, 2.24) is 5.32 Å². The van der Waals surface area contributed by atoms with Crippen molar-refractivity contribution < 1.29 is 4.79 Å². The van der Waals surface area contributed by atoms with Crippen LogP contribution in [0.1, 0.15) is 129 Å². The van der Waals surface area contributed by atoms with E-state index in [0.29, 0.717) is 6.42 Å². The molecule has 0 aliphatic carbocycles. The van der Waals surface area contributed by atoms with Gasteiger partial charge in [-0.3, -0.25) is 4.79 Å². The van der Waals surface area contributed by atoms with Gasteiger partial charge in [-0.05, 0) is 12.8 Å². The van der Waals surface area contributed by atoms with Crippen molar-refractivity contribution in [3.8, 4) is 0 Å². The topological polar surface area (TPSA) is 29.1 Å². The third kappa shape index (κ3) is 19.5. The van der Waals surface area contributed by atoms with Crippen LogP contribution in [0.4, 0.5) is 0 Å². The molecule has 2 heteroatoms. The minimum atomic E-state index is 0.193. The maximum absolute atomic E-state index is 11.5. The van der Waals surface area contributed by atoms with Gasteiger partial charge >= 0.3 is 0 Å². The van der Waals surface area contributed by atoms with Crippen LogP contribution >= 0.6 is 0 Å². The predicted octanol–water partition coefficient (Wildman–Crippen LogP) is 7.33. The molecule has 0 saturated heterocycles. The molecule has 1 N–H and O–H groups in total. The molecule has 1 amide bonds. The Hall–Kier alpha value is -0.530. The lowest BCUT2D eigenvalue weighted by molar-refractivity contribution is -0.120. The Balaban J connectivity index is 3.06. The molecule has 0 aromatic heterocycles. The highest BCUT2D eigenvalue weighted by Crippen LogP contribution is 2.13. The molecule has 0 aliphatic heterocycles. The van der Waals surface area contributed by atoms with Crippen molar-refractivity contribution in [2.75, 3.05) is 0 Å². The number of nitrogens with one attached hydrogen (secondary N) is 1. The zero-order valence-corrected chi connectivity index (χ0v) is 16.7. The van der Waals surface area contributed by atoms with Crippen molar-refractivity contribution in [3.63, 3.8) is 0 Å². The number of rotatable bonds is 19. The number of hydrogen-bond donors (Lipinski definition) is 1. The van der Waals surface area contributed by atoms with Gasteiger partial charge in [0.15, 0.2) is 0 Å². The first kappa shape index (κ1) is 23.5. The minimum absolute atomic E-state index is 0.193. The third-order valence-corrected chi connectivity index (χ3v) is 4.70. The van der Waals surface area contributed by atoms with Crippen molar-refractivity contribution in [1.29, 1.82) is 0 Å². The van der Waals surface area contributed by atoms with Crippen LogP contribution in [-0.4, -0.2) is 5.91 Å². The summed E-state index contributed by atoms with van der Waals surface area (Å²) in [6, 6.07) is 0. The Bertz CT molecular complexity index is 252. The average Bonchev–Trinajstić information content (AvgIpc) is 2.58. The van der Waals surface area contributed by atoms with Gasteiger partial charge in [0.2, 0.25) is 5.91 Å². The van der Waals surface area contributed by atoms with Crippen LogP contribution in [0.5, 0.6) is 0 Å². The molecule has 0 saturated carbocycles. The molecular formula is C22H44NO. The van der Waals surface area contributed by atoms with Crippen LogP contribution in [-0.2, 0) is 4.79 Å². The van der Waals surface area contributed by atoms with Crippen molar-refractivity contribution in [2.45, 2.75) is 129 Å². The van der Waals surface area contributed by atoms with Crippen LogP contribution in [0.25, 0.3) is 0 Å². The fourth-order valence-corrected chi connectivity index (χ4v) is 3.06. The van der Waals surface area contributed by atoms with Gasteiger partial charge in [0.1, 0.15) is 0 Å². The van der Waals surface area contributed by atoms with Crippen LogP contribution in [0.2, 0.25) is 0 Å². The van der Waals surface area contributed by atoms with Gasteiger partial charge in [-0.25, -0.2) is 0 Å². The molecule has 1 radical (unpaired) electrons. The van der Waals surface area contributed by atoms with Gasteiger partial charge in [0, 0.05) is 13.0 Å². The van der Waals surface area contributed by atoms with E-state index >= 15 is 0 Å². The van der Waals surface area contributed by atoms with E-state index in [9.17, 15) is 4.79 Å². The molecule has 0 heterocycles. The lowest BCUT2D eigenvalue weighted by atomic mass is 10.0. The maximum Gasteiger partial charge on any atom is 0.220 e. The first-order valence-corrected chi connectivity index (χ1v) is 10.9. The minimum Gasteiger partial charge on any atom is -0.351 e. The lowest BCUT2D eigenvalue weighted by Gasteiger charge is -2.04. The molecule has 0 aromatic rings. The van der Waals surface area contributed by atoms with E-state index in [2.05, 4.69) is 19.2 Å². The lowest BCUT2D eigenvalue weighted by Crippen LogP contribution is -2.19. The monoisotopic (exact) mass is 338 g/mol. The summed E-state index contributed by atoms with van der Waals surface area (Å²) in [4.78, 5) is 11.5. The zero-order valence-electron chi connectivity index (χ0n) is 16.7. The third-order valence-electron chi connectivity index (χ3n) is 4.70. The van der Waals surface area contributed by atoms with E-state index in [4.69, 9.17) is 0 Å². The standard InChI is InChI=1S/C22H44NO/c1-3-5-7-8-9-10-11-12-13-14-15-16-17-18-19-20-22(24)23-21-6-4-2/h21H,3-20H2,1-2H3,(H,23,24). The fraction of sp³-hybridized carbons (Fsp3) is 0.909. The molecule has 2 nitrogen and oxygen atoms in total. The second-order valence-corrected chi connectivity index (χ2v) is 7.26. The van der Waals surface area contributed by atoms with Crippen molar-refractivity contribution in [3.05, 3.63) is 6.54 Å². The van der Waals surface area contributed by atoms with Crippen LogP contribution in [0.15, 0.2) is 0 Å². The quantitative estimate of drug-likeness (QED) is 0.245. The van der Waals surface area contributed by atoms with Crippen LogP contribution < -0.4 is 5.32 Å². The first-order valence-electron chi connectivity index (χ1n) is 10.9. The molecule has 0 unspecified atom stereocenters. The SMILES string of the molecule is CCC[CH]NC(=O)CCCCCCCCCCCCCCCCC. The highest BCUT2D eigenvalue weighted by Gasteiger charge is 2.00. The van der Waals surface area contributed by atoms with Crippen LogP contribution in [0.3, 0.4) is 0 Å². The predicted molar refractivity (Wildman–Crippen MR) is 107 cm³/mol. The first-order chi connectivity index (χ1) is 11.8. The highest BCUT2D eigenvalue weighted by atomic mass is 16.1. The molecule has 0 aromatic carbocycles. The number of carbonyl (C=O) groups is 1. The number of unbranched alkanes of at least 4 members (excludes halogenated alkanes) is 15. The van der Waals surface area contributed by atoms with Gasteiger partial charge in [-0.2, -0.15) is 0 Å². The number of amides is 1. The summed E-state index contributed by atoms with van der Waals surface area (Å²) in [6.07, 6.45) is 23.3. The Morgan fingerprint density at radius 1 is 0.625 bits per heavy atom. The Labute approximate surface area is 152 Å². The van der Waals surface area contributed by atoms with E-state index in [1.54, 1.807) is 0 Å². The number of hydrogen-bond acceptors (Lipinski definition) is 1. The largest absolute Gasteiger partial charge is 0.351 e. The summed E-state index contributed by atoms with van der Waals surface area (Å²) < 4.78 is 0. The normalized spacial score (nSPS) is 10.9. The van der Waals surface area contributed by atoms with Gasteiger partial charge in [-0.1, -0.05) is 110 Å². The summed E-state index contributed by atoms with van der Waals surface area (Å²) in [5.74, 6) is 0.193. The second kappa shape index (κ2) is 20.5. The van der Waals surface area contributed by atoms with E-state index in [1.807, 2.05) is 6.54 Å². The Kier molecular flexibility index (Phi) is 20.1. The summed E-state index contributed by atoms with van der Waals surface area (Å²) in [6.45, 7) is 6.30. The summed E-state index contributed by atoms with van der Waals surface area (Å²) >= 11 is 0. The van der Waals surface area contributed by atoms with Gasteiger partial charge < -0.3 is 5.32 Å². The molecule has 24 heavy (non-hydrogen) atoms. The summed E-state index contributed by atoms with van der Waals surface area (Å²) in [5, 5.41) is 2.87. The Morgan fingerprint density at radius 2 is 1.04 bits per heavy atom. The summed E-state index contributed by atoms with van der Waals surface area (Å²) in [5.41, 5.74) is 0. The fourth-order valence-electron chi connectivity index (χ4n) is 3.06. The molecule has 143 valence electrons. The molecular weight excluding hydrogens is 294 g/mol. The molecule has 0 atom stereocenters. The van der Waals surface area contributed by atoms with Crippen molar-refractivity contribution in [2.24, 2.45) is 0 Å².